The summed E-state index contributed by atoms with van der Waals surface area (Å²) in [5, 5.41) is 18.4. The number of carboxylic acids is 1. The van der Waals surface area contributed by atoms with Crippen LogP contribution >= 0.6 is 0 Å². The molecule has 1 fully saturated rings. The van der Waals surface area contributed by atoms with E-state index in [0.29, 0.717) is 0 Å². The van der Waals surface area contributed by atoms with Crippen LogP contribution in [0.15, 0.2) is 24.3 Å². The van der Waals surface area contributed by atoms with Crippen molar-refractivity contribution in [2.24, 2.45) is 0 Å². The van der Waals surface area contributed by atoms with Crippen LogP contribution in [0.2, 0.25) is 0 Å². The van der Waals surface area contributed by atoms with Gasteiger partial charge in [-0.3, -0.25) is 4.90 Å². The fourth-order valence-corrected chi connectivity index (χ4v) is 2.18. The molecule has 18 heavy (non-hydrogen) atoms. The maximum atomic E-state index is 10.5. The molecule has 96 valence electrons. The van der Waals surface area contributed by atoms with Gasteiger partial charge in [-0.05, 0) is 49.7 Å². The molecule has 0 amide bonds. The number of aromatic hydroxyl groups is 1. The van der Waals surface area contributed by atoms with Gasteiger partial charge >= 0.3 is 5.97 Å². The van der Waals surface area contributed by atoms with Crippen LogP contribution in [0.3, 0.4) is 0 Å². The van der Waals surface area contributed by atoms with Crippen LogP contribution in [0.25, 0.3) is 6.08 Å². The molecule has 1 heterocycles. The highest BCUT2D eigenvalue weighted by Crippen LogP contribution is 2.22. The number of carbonyl (C=O) groups is 1. The van der Waals surface area contributed by atoms with Crippen LogP contribution in [0.1, 0.15) is 24.0 Å². The number of rotatable bonds is 4. The van der Waals surface area contributed by atoms with E-state index in [-0.39, 0.29) is 5.75 Å². The number of phenolic OH excluding ortho intramolecular Hbond substituents is 1. The predicted octanol–water partition coefficient (Wildman–Crippen LogP) is 2.09. The van der Waals surface area contributed by atoms with E-state index < -0.39 is 5.97 Å². The standard InChI is InChI=1S/C14H17NO3/c16-13-5-3-11(4-6-14(17)18)9-12(13)10-15-7-1-2-8-15/h3-6,9,16H,1-2,7-8,10H2,(H,17,18). The van der Waals surface area contributed by atoms with Crippen LogP contribution in [0, 0.1) is 0 Å². The first-order chi connectivity index (χ1) is 8.65. The number of hydrogen-bond acceptors (Lipinski definition) is 3. The van der Waals surface area contributed by atoms with E-state index in [0.717, 1.165) is 36.8 Å². The summed E-state index contributed by atoms with van der Waals surface area (Å²) in [6.45, 7) is 2.85. The summed E-state index contributed by atoms with van der Waals surface area (Å²) in [5.41, 5.74) is 1.65. The van der Waals surface area contributed by atoms with Gasteiger partial charge in [-0.25, -0.2) is 4.79 Å². The van der Waals surface area contributed by atoms with Crippen molar-refractivity contribution >= 4 is 12.0 Å². The van der Waals surface area contributed by atoms with Crippen molar-refractivity contribution in [3.63, 3.8) is 0 Å². The molecule has 0 aromatic heterocycles. The van der Waals surface area contributed by atoms with E-state index in [9.17, 15) is 9.90 Å². The minimum Gasteiger partial charge on any atom is -0.508 e. The van der Waals surface area contributed by atoms with Gasteiger partial charge in [0.05, 0.1) is 0 Å². The van der Waals surface area contributed by atoms with Crippen LogP contribution in [0.5, 0.6) is 5.75 Å². The fourth-order valence-electron chi connectivity index (χ4n) is 2.18. The summed E-state index contributed by atoms with van der Waals surface area (Å²) in [7, 11) is 0. The van der Waals surface area contributed by atoms with Gasteiger partial charge in [-0.15, -0.1) is 0 Å². The van der Waals surface area contributed by atoms with Crippen molar-refractivity contribution in [2.45, 2.75) is 19.4 Å². The zero-order valence-corrected chi connectivity index (χ0v) is 10.2. The quantitative estimate of drug-likeness (QED) is 0.800. The second-order valence-electron chi connectivity index (χ2n) is 4.54. The smallest absolute Gasteiger partial charge is 0.328 e. The number of nitrogens with zero attached hydrogens (tertiary/aromatic N) is 1. The number of hydrogen-bond donors (Lipinski definition) is 2. The molecule has 0 saturated carbocycles. The Morgan fingerprint density at radius 3 is 2.72 bits per heavy atom. The Morgan fingerprint density at radius 2 is 2.06 bits per heavy atom. The lowest BCUT2D eigenvalue weighted by atomic mass is 10.1. The first kappa shape index (κ1) is 12.6. The van der Waals surface area contributed by atoms with Gasteiger partial charge in [-0.1, -0.05) is 6.07 Å². The van der Waals surface area contributed by atoms with Crippen molar-refractivity contribution in [1.29, 1.82) is 0 Å². The molecule has 0 spiro atoms. The average Bonchev–Trinajstić information content (AvgIpc) is 2.83. The largest absolute Gasteiger partial charge is 0.508 e. The molecule has 0 radical (unpaired) electrons. The SMILES string of the molecule is O=C(O)C=Cc1ccc(O)c(CN2CCCC2)c1. The lowest BCUT2D eigenvalue weighted by molar-refractivity contribution is -0.131. The third-order valence-corrected chi connectivity index (χ3v) is 3.11. The van der Waals surface area contributed by atoms with Crippen molar-refractivity contribution < 1.29 is 15.0 Å². The zero-order valence-electron chi connectivity index (χ0n) is 10.2. The molecule has 0 aliphatic carbocycles. The Labute approximate surface area is 106 Å². The monoisotopic (exact) mass is 247 g/mol. The molecule has 1 aromatic rings. The molecule has 1 aliphatic rings. The summed E-state index contributed by atoms with van der Waals surface area (Å²) >= 11 is 0. The highest BCUT2D eigenvalue weighted by molar-refractivity contribution is 5.85. The van der Waals surface area contributed by atoms with Gasteiger partial charge in [0.1, 0.15) is 5.75 Å². The number of likely N-dealkylation sites (tertiary alicyclic amines) is 1. The van der Waals surface area contributed by atoms with E-state index in [1.807, 2.05) is 6.07 Å². The van der Waals surface area contributed by atoms with Crippen LogP contribution in [-0.4, -0.2) is 34.2 Å². The molecule has 1 aliphatic heterocycles. The minimum atomic E-state index is -0.968. The van der Waals surface area contributed by atoms with Gasteiger partial charge < -0.3 is 10.2 Å². The first-order valence-electron chi connectivity index (χ1n) is 6.10. The Bertz CT molecular complexity index is 462. The lowest BCUT2D eigenvalue weighted by Gasteiger charge is -2.15. The number of aliphatic carboxylic acids is 1. The van der Waals surface area contributed by atoms with Gasteiger partial charge in [0.15, 0.2) is 0 Å². The Balaban J connectivity index is 2.12. The van der Waals surface area contributed by atoms with Gasteiger partial charge in [0, 0.05) is 18.2 Å². The maximum Gasteiger partial charge on any atom is 0.328 e. The Kier molecular flexibility index (Phi) is 3.99. The highest BCUT2D eigenvalue weighted by Gasteiger charge is 2.13. The van der Waals surface area contributed by atoms with Crippen molar-refractivity contribution in [3.05, 3.63) is 35.4 Å². The second kappa shape index (κ2) is 5.69. The van der Waals surface area contributed by atoms with E-state index in [4.69, 9.17) is 5.11 Å². The Hall–Kier alpha value is -1.81. The van der Waals surface area contributed by atoms with E-state index in [1.54, 1.807) is 12.1 Å². The summed E-state index contributed by atoms with van der Waals surface area (Å²) in [6, 6.07) is 5.17. The van der Waals surface area contributed by atoms with Gasteiger partial charge in [0.2, 0.25) is 0 Å². The molecule has 0 bridgehead atoms. The summed E-state index contributed by atoms with van der Waals surface area (Å²) in [4.78, 5) is 12.8. The molecular weight excluding hydrogens is 230 g/mol. The van der Waals surface area contributed by atoms with E-state index in [2.05, 4.69) is 4.90 Å². The number of carboxylic acid groups (broad SMARTS) is 1. The third kappa shape index (κ3) is 3.34. The van der Waals surface area contributed by atoms with Crippen LogP contribution in [0.4, 0.5) is 0 Å². The molecule has 4 heteroatoms. The summed E-state index contributed by atoms with van der Waals surface area (Å²) in [5.74, 6) is -0.696. The summed E-state index contributed by atoms with van der Waals surface area (Å²) in [6.07, 6.45) is 5.06. The molecule has 2 rings (SSSR count). The van der Waals surface area contributed by atoms with Gasteiger partial charge in [0.25, 0.3) is 0 Å². The van der Waals surface area contributed by atoms with Crippen molar-refractivity contribution in [2.75, 3.05) is 13.1 Å². The second-order valence-corrected chi connectivity index (χ2v) is 4.54. The fraction of sp³-hybridized carbons (Fsp3) is 0.357. The first-order valence-corrected chi connectivity index (χ1v) is 6.10. The van der Waals surface area contributed by atoms with E-state index in [1.165, 1.54) is 18.9 Å². The average molecular weight is 247 g/mol. The molecule has 4 nitrogen and oxygen atoms in total. The van der Waals surface area contributed by atoms with Gasteiger partial charge in [-0.2, -0.15) is 0 Å². The molecule has 0 atom stereocenters. The molecular formula is C14H17NO3. The summed E-state index contributed by atoms with van der Waals surface area (Å²) < 4.78 is 0. The van der Waals surface area contributed by atoms with Crippen molar-refractivity contribution in [3.8, 4) is 5.75 Å². The minimum absolute atomic E-state index is 0.273. The molecule has 2 N–H and O–H groups in total. The van der Waals surface area contributed by atoms with Crippen LogP contribution < -0.4 is 0 Å². The lowest BCUT2D eigenvalue weighted by Crippen LogP contribution is -2.18. The third-order valence-electron chi connectivity index (χ3n) is 3.11. The molecule has 1 aromatic carbocycles. The number of phenols is 1. The molecule has 0 unspecified atom stereocenters. The predicted molar refractivity (Wildman–Crippen MR) is 69.3 cm³/mol. The maximum absolute atomic E-state index is 10.5. The van der Waals surface area contributed by atoms with Crippen LogP contribution in [-0.2, 0) is 11.3 Å². The van der Waals surface area contributed by atoms with E-state index >= 15 is 0 Å². The van der Waals surface area contributed by atoms with Crippen molar-refractivity contribution in [1.82, 2.24) is 4.90 Å². The number of benzene rings is 1. The topological polar surface area (TPSA) is 60.8 Å². The zero-order chi connectivity index (χ0) is 13.0. The highest BCUT2D eigenvalue weighted by atomic mass is 16.4. The Morgan fingerprint density at radius 1 is 1.33 bits per heavy atom. The normalized spacial score (nSPS) is 16.4. The molecule has 1 saturated heterocycles.